The number of carbonyl (C=O) groups excluding carboxylic acids is 1. The van der Waals surface area contributed by atoms with Crippen LogP contribution in [0.25, 0.3) is 22.3 Å². The number of amides is 1. The van der Waals surface area contributed by atoms with Gasteiger partial charge in [-0.05, 0) is 13.0 Å². The van der Waals surface area contributed by atoms with E-state index in [1.807, 2.05) is 37.4 Å². The molecular formula is C17H15N7O. The molecule has 3 aromatic heterocycles. The smallest absolute Gasteiger partial charge is 0.258 e. The first-order chi connectivity index (χ1) is 12.1. The van der Waals surface area contributed by atoms with Gasteiger partial charge in [-0.2, -0.15) is 20.4 Å². The molecule has 0 unspecified atom stereocenters. The highest BCUT2D eigenvalue weighted by atomic mass is 16.1. The number of H-pyrrole nitrogens is 1. The van der Waals surface area contributed by atoms with Crippen LogP contribution < -0.4 is 5.32 Å². The number of nitrogens with zero attached hydrogens (tertiary/aromatic N) is 5. The Balaban J connectivity index is 1.79. The van der Waals surface area contributed by atoms with E-state index < -0.39 is 0 Å². The minimum atomic E-state index is -0.277. The summed E-state index contributed by atoms with van der Waals surface area (Å²) in [5.74, 6) is 0.226. The van der Waals surface area contributed by atoms with E-state index in [4.69, 9.17) is 0 Å². The Bertz CT molecular complexity index is 1070. The molecule has 0 aliphatic heterocycles. The Morgan fingerprint density at radius 1 is 1.20 bits per heavy atom. The van der Waals surface area contributed by atoms with Crippen LogP contribution in [0.15, 0.2) is 42.6 Å². The van der Waals surface area contributed by atoms with Crippen LogP contribution in [0.4, 0.5) is 5.82 Å². The van der Waals surface area contributed by atoms with Crippen molar-refractivity contribution in [2.45, 2.75) is 6.92 Å². The summed E-state index contributed by atoms with van der Waals surface area (Å²) in [6, 6.07) is 11.4. The van der Waals surface area contributed by atoms with E-state index in [0.29, 0.717) is 22.7 Å². The number of fused-ring (bicyclic) bond motifs is 1. The van der Waals surface area contributed by atoms with Crippen LogP contribution in [0.3, 0.4) is 0 Å². The zero-order valence-corrected chi connectivity index (χ0v) is 13.7. The van der Waals surface area contributed by atoms with Gasteiger partial charge in [0.2, 0.25) is 0 Å². The largest absolute Gasteiger partial charge is 0.306 e. The first-order valence-electron chi connectivity index (χ1n) is 7.71. The van der Waals surface area contributed by atoms with Gasteiger partial charge in [-0.15, -0.1) is 0 Å². The average molecular weight is 333 g/mol. The molecule has 0 aliphatic rings. The van der Waals surface area contributed by atoms with Crippen molar-refractivity contribution in [2.24, 2.45) is 7.05 Å². The summed E-state index contributed by atoms with van der Waals surface area (Å²) in [7, 11) is 1.82. The van der Waals surface area contributed by atoms with E-state index in [2.05, 4.69) is 30.8 Å². The molecule has 4 aromatic rings. The van der Waals surface area contributed by atoms with Crippen LogP contribution in [-0.4, -0.2) is 36.1 Å². The second kappa shape index (κ2) is 5.82. The van der Waals surface area contributed by atoms with Crippen LogP contribution >= 0.6 is 0 Å². The summed E-state index contributed by atoms with van der Waals surface area (Å²) in [6.07, 6.45) is 1.49. The highest BCUT2D eigenvalue weighted by Crippen LogP contribution is 2.31. The fourth-order valence-electron chi connectivity index (χ4n) is 2.75. The second-order valence-corrected chi connectivity index (χ2v) is 5.62. The quantitative estimate of drug-likeness (QED) is 0.599. The van der Waals surface area contributed by atoms with E-state index in [1.54, 1.807) is 17.7 Å². The van der Waals surface area contributed by atoms with Gasteiger partial charge in [-0.3, -0.25) is 9.89 Å². The van der Waals surface area contributed by atoms with Crippen LogP contribution in [0.2, 0.25) is 0 Å². The molecule has 0 radical (unpaired) electrons. The van der Waals surface area contributed by atoms with Crippen molar-refractivity contribution < 1.29 is 4.79 Å². The van der Waals surface area contributed by atoms with E-state index >= 15 is 0 Å². The number of carbonyl (C=O) groups is 1. The van der Waals surface area contributed by atoms with E-state index in [-0.39, 0.29) is 5.91 Å². The Morgan fingerprint density at radius 3 is 2.76 bits per heavy atom. The molecule has 4 rings (SSSR count). The minimum Gasteiger partial charge on any atom is -0.306 e. The molecule has 0 spiro atoms. The summed E-state index contributed by atoms with van der Waals surface area (Å²) in [4.78, 5) is 12.6. The Morgan fingerprint density at radius 2 is 2.00 bits per heavy atom. The van der Waals surface area contributed by atoms with Crippen LogP contribution in [0, 0.1) is 6.92 Å². The van der Waals surface area contributed by atoms with Crippen LogP contribution in [0.5, 0.6) is 0 Å². The highest BCUT2D eigenvalue weighted by Gasteiger charge is 2.20. The summed E-state index contributed by atoms with van der Waals surface area (Å²) in [6.45, 7) is 1.74. The molecule has 0 saturated carbocycles. The van der Waals surface area contributed by atoms with Crippen LogP contribution in [-0.2, 0) is 7.05 Å². The zero-order chi connectivity index (χ0) is 17.4. The summed E-state index contributed by atoms with van der Waals surface area (Å²) in [5, 5.41) is 23.0. The average Bonchev–Trinajstić information content (AvgIpc) is 3.18. The van der Waals surface area contributed by atoms with Gasteiger partial charge in [0.1, 0.15) is 11.5 Å². The van der Waals surface area contributed by atoms with Crippen molar-refractivity contribution in [3.8, 4) is 11.3 Å². The molecular weight excluding hydrogens is 318 g/mol. The topological polar surface area (TPSA) is 101 Å². The van der Waals surface area contributed by atoms with Gasteiger partial charge < -0.3 is 5.32 Å². The summed E-state index contributed by atoms with van der Waals surface area (Å²) >= 11 is 0. The standard InChI is InChI=1S/C17H15N7O/c1-10-12(8-9-18-20-10)17(25)19-15-13-14(11-6-4-3-5-7-11)23-24(2)16(13)22-21-15/h3-9H,1-2H3,(H2,19,21,22,25). The van der Waals surface area contributed by atoms with Crippen molar-refractivity contribution in [1.29, 1.82) is 0 Å². The lowest BCUT2D eigenvalue weighted by Gasteiger charge is -2.05. The maximum Gasteiger partial charge on any atom is 0.258 e. The molecule has 124 valence electrons. The van der Waals surface area contributed by atoms with E-state index in [9.17, 15) is 4.79 Å². The number of aryl methyl sites for hydroxylation is 2. The number of hydrogen-bond donors (Lipinski definition) is 2. The van der Waals surface area contributed by atoms with Crippen molar-refractivity contribution in [3.05, 3.63) is 53.9 Å². The molecule has 0 fully saturated rings. The molecule has 8 nitrogen and oxygen atoms in total. The lowest BCUT2D eigenvalue weighted by molar-refractivity contribution is 0.102. The van der Waals surface area contributed by atoms with Gasteiger partial charge in [-0.1, -0.05) is 30.3 Å². The summed E-state index contributed by atoms with van der Waals surface area (Å²) in [5.41, 5.74) is 3.39. The maximum atomic E-state index is 12.6. The molecule has 0 aliphatic carbocycles. The van der Waals surface area contributed by atoms with Gasteiger partial charge in [0, 0.05) is 12.6 Å². The number of rotatable bonds is 3. The molecule has 0 bridgehead atoms. The first kappa shape index (κ1) is 15.0. The van der Waals surface area contributed by atoms with Gasteiger partial charge in [0.05, 0.1) is 22.8 Å². The van der Waals surface area contributed by atoms with E-state index in [0.717, 1.165) is 16.6 Å². The van der Waals surface area contributed by atoms with Gasteiger partial charge in [0.25, 0.3) is 5.91 Å². The number of hydrogen-bond acceptors (Lipinski definition) is 5. The molecule has 3 heterocycles. The van der Waals surface area contributed by atoms with Crippen LogP contribution in [0.1, 0.15) is 16.1 Å². The molecule has 1 aromatic carbocycles. The van der Waals surface area contributed by atoms with E-state index in [1.165, 1.54) is 6.20 Å². The third-order valence-electron chi connectivity index (χ3n) is 3.98. The molecule has 25 heavy (non-hydrogen) atoms. The molecule has 8 heteroatoms. The molecule has 1 amide bonds. The molecule has 2 N–H and O–H groups in total. The monoisotopic (exact) mass is 333 g/mol. The predicted octanol–water partition coefficient (Wildman–Crippen LogP) is 2.31. The SMILES string of the molecule is Cc1nnccc1C(=O)Nc1[nH]nc2c1c(-c1ccccc1)nn2C. The lowest BCUT2D eigenvalue weighted by atomic mass is 10.1. The number of aromatic amines is 1. The normalized spacial score (nSPS) is 11.0. The van der Waals surface area contributed by atoms with Gasteiger partial charge >= 0.3 is 0 Å². The Kier molecular flexibility index (Phi) is 3.50. The third-order valence-corrected chi connectivity index (χ3v) is 3.98. The van der Waals surface area contributed by atoms with Gasteiger partial charge in [0.15, 0.2) is 5.65 Å². The molecule has 0 atom stereocenters. The Hall–Kier alpha value is -3.55. The van der Waals surface area contributed by atoms with Crippen molar-refractivity contribution >= 4 is 22.8 Å². The third kappa shape index (κ3) is 2.53. The maximum absolute atomic E-state index is 12.6. The van der Waals surface area contributed by atoms with Crippen molar-refractivity contribution in [3.63, 3.8) is 0 Å². The number of nitrogens with one attached hydrogen (secondary N) is 2. The molecule has 0 saturated heterocycles. The Labute approximate surface area is 142 Å². The number of aromatic nitrogens is 6. The number of anilines is 1. The fraction of sp³-hybridized carbons (Fsp3) is 0.118. The predicted molar refractivity (Wildman–Crippen MR) is 93.0 cm³/mol. The number of benzene rings is 1. The van der Waals surface area contributed by atoms with Gasteiger partial charge in [-0.25, -0.2) is 4.68 Å². The zero-order valence-electron chi connectivity index (χ0n) is 13.7. The summed E-state index contributed by atoms with van der Waals surface area (Å²) < 4.78 is 1.68. The lowest BCUT2D eigenvalue weighted by Crippen LogP contribution is -2.15. The second-order valence-electron chi connectivity index (χ2n) is 5.62. The minimum absolute atomic E-state index is 0.277. The van der Waals surface area contributed by atoms with Crippen molar-refractivity contribution in [2.75, 3.05) is 5.32 Å². The van der Waals surface area contributed by atoms with Crippen molar-refractivity contribution in [1.82, 2.24) is 30.2 Å². The highest BCUT2D eigenvalue weighted by molar-refractivity contribution is 6.10. The first-order valence-corrected chi connectivity index (χ1v) is 7.71. The fourth-order valence-corrected chi connectivity index (χ4v) is 2.75.